The lowest BCUT2D eigenvalue weighted by atomic mass is 10.0. The van der Waals surface area contributed by atoms with Crippen LogP contribution in [0.25, 0.3) is 0 Å². The third-order valence-electron chi connectivity index (χ3n) is 3.66. The number of likely N-dealkylation sites (N-methyl/N-ethyl adjacent to an activating group) is 1. The molecule has 2 N–H and O–H groups in total. The van der Waals surface area contributed by atoms with Crippen molar-refractivity contribution < 1.29 is 19.5 Å². The number of aromatic nitrogens is 2. The second kappa shape index (κ2) is 7.61. The molecule has 132 valence electrons. The molecule has 0 spiro atoms. The van der Waals surface area contributed by atoms with E-state index in [2.05, 4.69) is 10.4 Å². The zero-order valence-electron chi connectivity index (χ0n) is 14.3. The molecule has 2 amide bonds. The van der Waals surface area contributed by atoms with Crippen LogP contribution in [0.2, 0.25) is 0 Å². The molecule has 0 aliphatic rings. The van der Waals surface area contributed by atoms with Crippen LogP contribution in [0.1, 0.15) is 26.5 Å². The van der Waals surface area contributed by atoms with Crippen molar-refractivity contribution in [2.24, 2.45) is 7.05 Å². The van der Waals surface area contributed by atoms with Crippen molar-refractivity contribution in [3.63, 3.8) is 0 Å². The Morgan fingerprint density at radius 3 is 2.40 bits per heavy atom. The summed E-state index contributed by atoms with van der Waals surface area (Å²) in [5.41, 5.74) is 0.743. The summed E-state index contributed by atoms with van der Waals surface area (Å²) >= 11 is 0. The van der Waals surface area contributed by atoms with E-state index < -0.39 is 17.9 Å². The predicted octanol–water partition coefficient (Wildman–Crippen LogP) is 0.548. The highest BCUT2D eigenvalue weighted by atomic mass is 16.4. The number of aryl methyl sites for hydroxylation is 1. The first-order valence-electron chi connectivity index (χ1n) is 7.63. The van der Waals surface area contributed by atoms with Gasteiger partial charge in [-0.1, -0.05) is 30.3 Å². The second-order valence-electron chi connectivity index (χ2n) is 5.79. The zero-order chi connectivity index (χ0) is 18.6. The summed E-state index contributed by atoms with van der Waals surface area (Å²) in [5.74, 6) is -2.03. The van der Waals surface area contributed by atoms with Gasteiger partial charge in [0.1, 0.15) is 11.7 Å². The average Bonchev–Trinajstić information content (AvgIpc) is 2.96. The smallest absolute Gasteiger partial charge is 0.356 e. The molecule has 0 saturated carbocycles. The summed E-state index contributed by atoms with van der Waals surface area (Å²) in [6.07, 6.45) is 0.327. The predicted molar refractivity (Wildman–Crippen MR) is 90.3 cm³/mol. The van der Waals surface area contributed by atoms with Gasteiger partial charge in [-0.2, -0.15) is 5.10 Å². The second-order valence-corrected chi connectivity index (χ2v) is 5.79. The van der Waals surface area contributed by atoms with Crippen LogP contribution in [0.3, 0.4) is 0 Å². The number of carboxylic acid groups (broad SMARTS) is 1. The first-order chi connectivity index (χ1) is 11.8. The van der Waals surface area contributed by atoms with Gasteiger partial charge in [0, 0.05) is 33.6 Å². The third kappa shape index (κ3) is 4.43. The first-order valence-corrected chi connectivity index (χ1v) is 7.63. The van der Waals surface area contributed by atoms with Crippen molar-refractivity contribution >= 4 is 17.8 Å². The Hall–Kier alpha value is -3.16. The zero-order valence-corrected chi connectivity index (χ0v) is 14.3. The van der Waals surface area contributed by atoms with Gasteiger partial charge >= 0.3 is 5.97 Å². The van der Waals surface area contributed by atoms with Crippen molar-refractivity contribution in [3.05, 3.63) is 53.3 Å². The Labute approximate surface area is 145 Å². The molecule has 2 aromatic rings. The molecule has 25 heavy (non-hydrogen) atoms. The van der Waals surface area contributed by atoms with Crippen LogP contribution in [0.5, 0.6) is 0 Å². The van der Waals surface area contributed by atoms with E-state index in [-0.39, 0.29) is 17.3 Å². The molecule has 0 aliphatic carbocycles. The lowest BCUT2D eigenvalue weighted by molar-refractivity contribution is -0.130. The van der Waals surface area contributed by atoms with Crippen LogP contribution in [0.15, 0.2) is 36.4 Å². The molecule has 1 aromatic heterocycles. The van der Waals surface area contributed by atoms with E-state index in [1.54, 1.807) is 14.1 Å². The normalized spacial score (nSPS) is 11.6. The van der Waals surface area contributed by atoms with E-state index in [9.17, 15) is 14.4 Å². The Balaban J connectivity index is 2.22. The fourth-order valence-electron chi connectivity index (χ4n) is 2.38. The Morgan fingerprint density at radius 2 is 1.88 bits per heavy atom. The minimum Gasteiger partial charge on any atom is -0.476 e. The lowest BCUT2D eigenvalue weighted by Crippen LogP contribution is -2.47. The van der Waals surface area contributed by atoms with Crippen LogP contribution >= 0.6 is 0 Å². The largest absolute Gasteiger partial charge is 0.476 e. The van der Waals surface area contributed by atoms with Crippen molar-refractivity contribution in [2.45, 2.75) is 12.5 Å². The van der Waals surface area contributed by atoms with Gasteiger partial charge in [-0.05, 0) is 5.56 Å². The molecule has 8 heteroatoms. The maximum Gasteiger partial charge on any atom is 0.356 e. The fraction of sp³-hybridized carbons (Fsp3) is 0.294. The van der Waals surface area contributed by atoms with Crippen LogP contribution in [0, 0.1) is 0 Å². The average molecular weight is 344 g/mol. The minimum absolute atomic E-state index is 0.0713. The van der Waals surface area contributed by atoms with Gasteiger partial charge in [0.2, 0.25) is 5.91 Å². The number of benzene rings is 1. The SMILES string of the molecule is CN(C)C(=O)[C@@H](Cc1ccccc1)NC(=O)c1cc(C(=O)O)nn1C. The summed E-state index contributed by atoms with van der Waals surface area (Å²) in [5, 5.41) is 15.4. The van der Waals surface area contributed by atoms with E-state index in [0.29, 0.717) is 6.42 Å². The van der Waals surface area contributed by atoms with Crippen molar-refractivity contribution in [3.8, 4) is 0 Å². The standard InChI is InChI=1S/C17H20N4O4/c1-20(2)16(23)12(9-11-7-5-4-6-8-11)18-15(22)14-10-13(17(24)25)19-21(14)3/h4-8,10,12H,9H2,1-3H3,(H,18,22)(H,24,25)/t12-/m1/s1. The molecule has 0 unspecified atom stereocenters. The molecule has 0 fully saturated rings. The molecule has 1 heterocycles. The van der Waals surface area contributed by atoms with E-state index in [0.717, 1.165) is 5.56 Å². The van der Waals surface area contributed by atoms with E-state index in [1.165, 1.54) is 22.7 Å². The van der Waals surface area contributed by atoms with Crippen LogP contribution < -0.4 is 5.32 Å². The van der Waals surface area contributed by atoms with Gasteiger partial charge in [0.25, 0.3) is 5.91 Å². The van der Waals surface area contributed by atoms with Gasteiger partial charge in [-0.15, -0.1) is 0 Å². The molecule has 2 rings (SSSR count). The lowest BCUT2D eigenvalue weighted by Gasteiger charge is -2.22. The maximum atomic E-state index is 12.5. The van der Waals surface area contributed by atoms with Gasteiger partial charge in [-0.3, -0.25) is 14.3 Å². The molecule has 8 nitrogen and oxygen atoms in total. The Kier molecular flexibility index (Phi) is 5.53. The molecule has 1 atom stereocenters. The number of nitrogens with one attached hydrogen (secondary N) is 1. The van der Waals surface area contributed by atoms with Gasteiger partial charge < -0.3 is 15.3 Å². The molecular weight excluding hydrogens is 324 g/mol. The van der Waals surface area contributed by atoms with Crippen LogP contribution in [0.4, 0.5) is 0 Å². The molecule has 0 saturated heterocycles. The maximum absolute atomic E-state index is 12.5. The molecular formula is C17H20N4O4. The fourth-order valence-corrected chi connectivity index (χ4v) is 2.38. The molecule has 0 radical (unpaired) electrons. The van der Waals surface area contributed by atoms with Crippen LogP contribution in [-0.4, -0.2) is 57.7 Å². The first kappa shape index (κ1) is 18.2. The van der Waals surface area contributed by atoms with Gasteiger partial charge in [0.05, 0.1) is 0 Å². The number of nitrogens with zero attached hydrogens (tertiary/aromatic N) is 3. The summed E-state index contributed by atoms with van der Waals surface area (Å²) in [6, 6.07) is 9.73. The summed E-state index contributed by atoms with van der Waals surface area (Å²) in [7, 11) is 4.69. The number of aromatic carboxylic acids is 1. The quantitative estimate of drug-likeness (QED) is 0.796. The van der Waals surface area contributed by atoms with E-state index in [4.69, 9.17) is 5.11 Å². The summed E-state index contributed by atoms with van der Waals surface area (Å²) < 4.78 is 1.18. The van der Waals surface area contributed by atoms with Crippen molar-refractivity contribution in [1.82, 2.24) is 20.0 Å². The van der Waals surface area contributed by atoms with Crippen molar-refractivity contribution in [2.75, 3.05) is 14.1 Å². The highest BCUT2D eigenvalue weighted by Gasteiger charge is 2.25. The highest BCUT2D eigenvalue weighted by molar-refractivity contribution is 5.98. The van der Waals surface area contributed by atoms with Gasteiger partial charge in [0.15, 0.2) is 5.69 Å². The number of amides is 2. The minimum atomic E-state index is -1.22. The Morgan fingerprint density at radius 1 is 1.24 bits per heavy atom. The van der Waals surface area contributed by atoms with Crippen LogP contribution in [-0.2, 0) is 18.3 Å². The number of hydrogen-bond acceptors (Lipinski definition) is 4. The molecule has 0 aliphatic heterocycles. The monoisotopic (exact) mass is 344 g/mol. The number of carbonyl (C=O) groups excluding carboxylic acids is 2. The van der Waals surface area contributed by atoms with E-state index in [1.807, 2.05) is 30.3 Å². The topological polar surface area (TPSA) is 105 Å². The summed E-state index contributed by atoms with van der Waals surface area (Å²) in [6.45, 7) is 0. The van der Waals surface area contributed by atoms with Crippen molar-refractivity contribution in [1.29, 1.82) is 0 Å². The highest BCUT2D eigenvalue weighted by Crippen LogP contribution is 2.08. The van der Waals surface area contributed by atoms with Gasteiger partial charge in [-0.25, -0.2) is 4.79 Å². The molecule has 0 bridgehead atoms. The number of hydrogen-bond donors (Lipinski definition) is 2. The summed E-state index contributed by atoms with van der Waals surface area (Å²) in [4.78, 5) is 37.3. The number of carboxylic acids is 1. The van der Waals surface area contributed by atoms with E-state index >= 15 is 0 Å². The number of carbonyl (C=O) groups is 3. The Bertz CT molecular complexity index is 783. The number of rotatable bonds is 6. The third-order valence-corrected chi connectivity index (χ3v) is 3.66. The molecule has 1 aromatic carbocycles.